The zero-order chi connectivity index (χ0) is 15.5. The summed E-state index contributed by atoms with van der Waals surface area (Å²) in [6.07, 6.45) is 2.24. The number of nitrogens with one attached hydrogen (secondary N) is 1. The molecule has 3 rings (SSSR count). The van der Waals surface area contributed by atoms with Gasteiger partial charge in [-0.2, -0.15) is 0 Å². The third-order valence-corrected chi connectivity index (χ3v) is 5.58. The first-order chi connectivity index (χ1) is 10.6. The highest BCUT2D eigenvalue weighted by Crippen LogP contribution is 2.33. The van der Waals surface area contributed by atoms with Gasteiger partial charge in [-0.25, -0.2) is 4.98 Å². The van der Waals surface area contributed by atoms with E-state index in [0.29, 0.717) is 5.92 Å². The molecule has 0 spiro atoms. The number of hydrogen-bond donors (Lipinski definition) is 1. The highest BCUT2D eigenvalue weighted by molar-refractivity contribution is 7.80. The van der Waals surface area contributed by atoms with Gasteiger partial charge in [-0.3, -0.25) is 0 Å². The summed E-state index contributed by atoms with van der Waals surface area (Å²) >= 11 is 7.30. The molecule has 116 valence electrons. The molecule has 0 bridgehead atoms. The summed E-state index contributed by atoms with van der Waals surface area (Å²) in [5.74, 6) is 0.567. The maximum absolute atomic E-state index is 5.46. The molecule has 0 aliphatic carbocycles. The molecule has 2 aromatic rings. The van der Waals surface area contributed by atoms with Crippen LogP contribution in [0.3, 0.4) is 0 Å². The van der Waals surface area contributed by atoms with E-state index in [1.807, 2.05) is 18.3 Å². The van der Waals surface area contributed by atoms with E-state index < -0.39 is 0 Å². The van der Waals surface area contributed by atoms with Crippen LogP contribution in [0.1, 0.15) is 30.7 Å². The van der Waals surface area contributed by atoms with Gasteiger partial charge in [0.25, 0.3) is 0 Å². The monoisotopic (exact) mass is 331 g/mol. The van der Waals surface area contributed by atoms with Crippen LogP contribution < -0.4 is 5.32 Å². The Morgan fingerprint density at radius 2 is 2.14 bits per heavy atom. The van der Waals surface area contributed by atoms with E-state index in [9.17, 15) is 0 Å². The Morgan fingerprint density at radius 1 is 1.41 bits per heavy atom. The van der Waals surface area contributed by atoms with Crippen LogP contribution >= 0.6 is 23.6 Å². The maximum Gasteiger partial charge on any atom is 0.169 e. The first-order valence-corrected chi connectivity index (χ1v) is 8.88. The molecule has 3 nitrogen and oxygen atoms in total. The lowest BCUT2D eigenvalue weighted by Gasteiger charge is -2.33. The van der Waals surface area contributed by atoms with E-state index in [-0.39, 0.29) is 0 Å². The first-order valence-electron chi connectivity index (χ1n) is 7.66. The molecule has 0 unspecified atom stereocenters. The van der Waals surface area contributed by atoms with Crippen LogP contribution in [0.2, 0.25) is 0 Å². The molecule has 0 radical (unpaired) electrons. The highest BCUT2D eigenvalue weighted by atomic mass is 32.1. The van der Waals surface area contributed by atoms with Crippen LogP contribution in [0.5, 0.6) is 0 Å². The van der Waals surface area contributed by atoms with Gasteiger partial charge in [0.05, 0.1) is 15.2 Å². The molecule has 1 saturated heterocycles. The number of rotatable bonds is 3. The molecule has 5 heteroatoms. The smallest absolute Gasteiger partial charge is 0.169 e. The summed E-state index contributed by atoms with van der Waals surface area (Å²) in [4.78, 5) is 7.07. The van der Waals surface area contributed by atoms with Crippen LogP contribution in [-0.2, 0) is 0 Å². The first kappa shape index (κ1) is 15.4. The molecule has 1 N–H and O–H groups in total. The second-order valence-electron chi connectivity index (χ2n) is 5.90. The Kier molecular flexibility index (Phi) is 4.74. The molecule has 0 amide bonds. The number of hydrogen-bond acceptors (Lipinski definition) is 3. The number of thiocarbonyl (C=S) groups is 1. The highest BCUT2D eigenvalue weighted by Gasteiger charge is 2.24. The Morgan fingerprint density at radius 3 is 2.82 bits per heavy atom. The van der Waals surface area contributed by atoms with Crippen molar-refractivity contribution in [2.75, 3.05) is 19.6 Å². The van der Waals surface area contributed by atoms with Gasteiger partial charge in [-0.05, 0) is 44.1 Å². The van der Waals surface area contributed by atoms with E-state index >= 15 is 0 Å². The van der Waals surface area contributed by atoms with Gasteiger partial charge in [0.15, 0.2) is 5.11 Å². The number of likely N-dealkylation sites (tertiary alicyclic amines) is 1. The van der Waals surface area contributed by atoms with Crippen molar-refractivity contribution in [1.29, 1.82) is 0 Å². The minimum absolute atomic E-state index is 0.567. The molecule has 0 saturated carbocycles. The van der Waals surface area contributed by atoms with Crippen molar-refractivity contribution in [3.63, 3.8) is 0 Å². The summed E-state index contributed by atoms with van der Waals surface area (Å²) in [6.45, 7) is 8.67. The Balaban J connectivity index is 1.59. The third kappa shape index (κ3) is 3.47. The molecule has 1 fully saturated rings. The summed E-state index contributed by atoms with van der Waals surface area (Å²) < 4.78 is 1.29. The van der Waals surface area contributed by atoms with Gasteiger partial charge in [-0.1, -0.05) is 24.3 Å². The van der Waals surface area contributed by atoms with Crippen molar-refractivity contribution in [2.24, 2.45) is 0 Å². The van der Waals surface area contributed by atoms with Gasteiger partial charge in [0.2, 0.25) is 0 Å². The topological polar surface area (TPSA) is 28.2 Å². The lowest BCUT2D eigenvalue weighted by atomic mass is 9.98. The lowest BCUT2D eigenvalue weighted by Crippen LogP contribution is -2.44. The van der Waals surface area contributed by atoms with Crippen molar-refractivity contribution in [3.05, 3.63) is 41.4 Å². The van der Waals surface area contributed by atoms with Gasteiger partial charge >= 0.3 is 0 Å². The Bertz CT molecular complexity index is 651. The predicted octanol–water partition coefficient (Wildman–Crippen LogP) is 3.93. The van der Waals surface area contributed by atoms with Gasteiger partial charge in [-0.15, -0.1) is 11.3 Å². The summed E-state index contributed by atoms with van der Waals surface area (Å²) in [5.41, 5.74) is 2.23. The zero-order valence-corrected chi connectivity index (χ0v) is 14.5. The third-order valence-electron chi connectivity index (χ3n) is 3.98. The van der Waals surface area contributed by atoms with Crippen LogP contribution in [0.15, 0.2) is 36.4 Å². The van der Waals surface area contributed by atoms with Crippen LogP contribution in [0.25, 0.3) is 10.2 Å². The average Bonchev–Trinajstić information content (AvgIpc) is 2.96. The van der Waals surface area contributed by atoms with Crippen molar-refractivity contribution in [2.45, 2.75) is 25.7 Å². The van der Waals surface area contributed by atoms with Gasteiger partial charge in [0, 0.05) is 25.6 Å². The molecule has 1 aromatic heterocycles. The van der Waals surface area contributed by atoms with E-state index in [1.165, 1.54) is 9.71 Å². The Hall–Kier alpha value is -1.46. The minimum Gasteiger partial charge on any atom is -0.359 e. The largest absolute Gasteiger partial charge is 0.359 e. The summed E-state index contributed by atoms with van der Waals surface area (Å²) in [5, 5.41) is 5.40. The van der Waals surface area contributed by atoms with Crippen LogP contribution in [0.4, 0.5) is 0 Å². The number of benzene rings is 1. The lowest BCUT2D eigenvalue weighted by molar-refractivity contribution is 0.310. The van der Waals surface area contributed by atoms with E-state index in [2.05, 4.69) is 41.1 Å². The number of fused-ring (bicyclic) bond motifs is 1. The van der Waals surface area contributed by atoms with Crippen molar-refractivity contribution >= 4 is 38.9 Å². The maximum atomic E-state index is 5.46. The average molecular weight is 332 g/mol. The van der Waals surface area contributed by atoms with Crippen LogP contribution in [-0.4, -0.2) is 34.6 Å². The van der Waals surface area contributed by atoms with Crippen LogP contribution in [0, 0.1) is 0 Å². The molecule has 22 heavy (non-hydrogen) atoms. The normalized spacial score (nSPS) is 16.0. The van der Waals surface area contributed by atoms with Gasteiger partial charge < -0.3 is 10.2 Å². The molecule has 1 aliphatic heterocycles. The fraction of sp³-hybridized carbons (Fsp3) is 0.412. The second kappa shape index (κ2) is 6.75. The molecule has 2 heterocycles. The van der Waals surface area contributed by atoms with Crippen molar-refractivity contribution < 1.29 is 0 Å². The fourth-order valence-electron chi connectivity index (χ4n) is 2.73. The second-order valence-corrected chi connectivity index (χ2v) is 7.35. The predicted molar refractivity (Wildman–Crippen MR) is 98.6 cm³/mol. The van der Waals surface area contributed by atoms with Gasteiger partial charge in [0.1, 0.15) is 0 Å². The standard InChI is InChI=1S/C17H21N3S2/c1-12(2)11-18-17(21)20-9-7-13(8-10-20)16-19-14-5-3-4-6-15(14)22-16/h3-6,13H,1,7-11H2,2H3,(H,18,21). The number of piperidine rings is 1. The minimum atomic E-state index is 0.567. The van der Waals surface area contributed by atoms with E-state index in [1.54, 1.807) is 0 Å². The molecule has 1 aromatic carbocycles. The number of para-hydroxylation sites is 1. The molecule has 0 atom stereocenters. The number of nitrogens with zero attached hydrogens (tertiary/aromatic N) is 2. The number of thiazole rings is 1. The van der Waals surface area contributed by atoms with Crippen molar-refractivity contribution in [1.82, 2.24) is 15.2 Å². The summed E-state index contributed by atoms with van der Waals surface area (Å²) in [7, 11) is 0. The number of aromatic nitrogens is 1. The Labute approximate surface area is 141 Å². The SMILES string of the molecule is C=C(C)CNC(=S)N1CCC(c2nc3ccccc3s2)CC1. The quantitative estimate of drug-likeness (QED) is 0.681. The molecular weight excluding hydrogens is 310 g/mol. The van der Waals surface area contributed by atoms with E-state index in [4.69, 9.17) is 17.2 Å². The molecular formula is C17H21N3S2. The zero-order valence-electron chi connectivity index (χ0n) is 12.8. The molecule has 1 aliphatic rings. The van der Waals surface area contributed by atoms with E-state index in [0.717, 1.165) is 48.7 Å². The summed E-state index contributed by atoms with van der Waals surface area (Å²) in [6, 6.07) is 8.39. The fourth-order valence-corrected chi connectivity index (χ4v) is 4.12. The van der Waals surface area contributed by atoms with Crippen molar-refractivity contribution in [3.8, 4) is 0 Å².